The van der Waals surface area contributed by atoms with Crippen LogP contribution in [0.25, 0.3) is 0 Å². The third-order valence-electron chi connectivity index (χ3n) is 9.23. The van der Waals surface area contributed by atoms with Gasteiger partial charge in [-0.3, -0.25) is 24.3 Å². The summed E-state index contributed by atoms with van der Waals surface area (Å²) in [7, 11) is 0. The number of carbonyl (C=O) groups is 2. The second kappa shape index (κ2) is 12.0. The van der Waals surface area contributed by atoms with Gasteiger partial charge in [0.25, 0.3) is 0 Å². The minimum atomic E-state index is -0.288. The maximum absolute atomic E-state index is 13.7. The number of nitrogens with one attached hydrogen (secondary N) is 2. The van der Waals surface area contributed by atoms with Crippen LogP contribution in [-0.4, -0.2) is 78.4 Å². The number of rotatable bonds is 8. The van der Waals surface area contributed by atoms with E-state index in [1.54, 1.807) is 0 Å². The number of nitrogens with two attached hydrogens (primary N) is 2. The van der Waals surface area contributed by atoms with Crippen molar-refractivity contribution in [1.82, 2.24) is 15.1 Å². The number of fused-ring (bicyclic) bond motifs is 1. The summed E-state index contributed by atoms with van der Waals surface area (Å²) >= 11 is 0. The first kappa shape index (κ1) is 26.3. The van der Waals surface area contributed by atoms with E-state index in [2.05, 4.69) is 10.2 Å². The first-order valence-corrected chi connectivity index (χ1v) is 13.8. The number of hydrogen-bond acceptors (Lipinski definition) is 5. The van der Waals surface area contributed by atoms with Crippen LogP contribution in [0.1, 0.15) is 70.6 Å². The molecule has 4 unspecified atom stereocenters. The van der Waals surface area contributed by atoms with Gasteiger partial charge in [0, 0.05) is 50.6 Å². The molecule has 35 heavy (non-hydrogen) atoms. The van der Waals surface area contributed by atoms with Crippen LogP contribution in [0.4, 0.5) is 4.39 Å². The van der Waals surface area contributed by atoms with Gasteiger partial charge >= 0.3 is 0 Å². The van der Waals surface area contributed by atoms with Crippen molar-refractivity contribution in [2.75, 3.05) is 32.9 Å². The van der Waals surface area contributed by atoms with Crippen molar-refractivity contribution in [2.45, 2.75) is 88.8 Å². The summed E-state index contributed by atoms with van der Waals surface area (Å²) in [6, 6.07) is 0.416. The zero-order valence-corrected chi connectivity index (χ0v) is 21.1. The number of alkyl halides is 1. The summed E-state index contributed by atoms with van der Waals surface area (Å²) in [5.41, 5.74) is 11.4. The molecule has 2 saturated carbocycles. The summed E-state index contributed by atoms with van der Waals surface area (Å²) in [5, 5.41) is 11.1. The normalized spacial score (nSPS) is 34.4. The Kier molecular flexibility index (Phi) is 9.02. The summed E-state index contributed by atoms with van der Waals surface area (Å²) in [4.78, 5) is 30.1. The molecule has 0 aromatic heterocycles. The molecular formula is C26H45FN6O2. The van der Waals surface area contributed by atoms with Gasteiger partial charge in [0.1, 0.15) is 0 Å². The number of halogens is 1. The average molecular weight is 493 g/mol. The third kappa shape index (κ3) is 6.34. The summed E-state index contributed by atoms with van der Waals surface area (Å²) in [6.45, 7) is 2.31. The van der Waals surface area contributed by atoms with E-state index in [-0.39, 0.29) is 48.2 Å². The lowest BCUT2D eigenvalue weighted by Crippen LogP contribution is -2.52. The Bertz CT molecular complexity index is 750. The van der Waals surface area contributed by atoms with E-state index < -0.39 is 0 Å². The largest absolute Gasteiger partial charge is 0.387 e. The first-order valence-electron chi connectivity index (χ1n) is 13.8. The van der Waals surface area contributed by atoms with Crippen LogP contribution in [0.5, 0.6) is 0 Å². The highest BCUT2D eigenvalue weighted by atomic mass is 19.1. The first-order chi connectivity index (χ1) is 16.9. The van der Waals surface area contributed by atoms with Crippen molar-refractivity contribution in [3.8, 4) is 0 Å². The smallest absolute Gasteiger partial charge is 0.239 e. The van der Waals surface area contributed by atoms with Crippen LogP contribution in [-0.2, 0) is 9.59 Å². The van der Waals surface area contributed by atoms with Crippen molar-refractivity contribution < 1.29 is 14.0 Å². The van der Waals surface area contributed by atoms with Crippen molar-refractivity contribution in [3.63, 3.8) is 0 Å². The maximum Gasteiger partial charge on any atom is 0.239 e. The molecule has 0 radical (unpaired) electrons. The average Bonchev–Trinajstić information content (AvgIpc) is 3.22. The molecule has 4 rings (SSSR count). The van der Waals surface area contributed by atoms with Crippen molar-refractivity contribution in [2.24, 2.45) is 35.1 Å². The number of amidine groups is 1. The molecular weight excluding hydrogens is 447 g/mol. The molecule has 198 valence electrons. The van der Waals surface area contributed by atoms with E-state index >= 15 is 0 Å². The van der Waals surface area contributed by atoms with Gasteiger partial charge in [0.15, 0.2) is 0 Å². The van der Waals surface area contributed by atoms with Gasteiger partial charge in [-0.2, -0.15) is 0 Å². The molecule has 2 aliphatic carbocycles. The molecule has 2 aliphatic heterocycles. The molecule has 2 saturated heterocycles. The lowest BCUT2D eigenvalue weighted by atomic mass is 9.77. The van der Waals surface area contributed by atoms with Gasteiger partial charge in [0.2, 0.25) is 11.8 Å². The van der Waals surface area contributed by atoms with E-state index in [1.165, 1.54) is 0 Å². The number of likely N-dealkylation sites (tertiary alicyclic amines) is 2. The molecule has 4 aliphatic rings. The van der Waals surface area contributed by atoms with Gasteiger partial charge in [-0.15, -0.1) is 0 Å². The highest BCUT2D eigenvalue weighted by Gasteiger charge is 2.49. The van der Waals surface area contributed by atoms with E-state index in [0.717, 1.165) is 70.8 Å². The van der Waals surface area contributed by atoms with Gasteiger partial charge in [-0.1, -0.05) is 0 Å². The molecule has 0 bridgehead atoms. The molecule has 0 aromatic carbocycles. The number of piperidine rings is 1. The van der Waals surface area contributed by atoms with Crippen LogP contribution in [0.3, 0.4) is 0 Å². The summed E-state index contributed by atoms with van der Waals surface area (Å²) < 4.78 is 13.1. The van der Waals surface area contributed by atoms with Crippen LogP contribution >= 0.6 is 0 Å². The van der Waals surface area contributed by atoms with E-state index in [0.29, 0.717) is 43.9 Å². The SMILES string of the molecule is N=C(N)C1CCC2CC(C(=O)N3CCC(CF)CC3)N(CC3CCC(NC(=O)CCN)CC3)C2C1. The minimum Gasteiger partial charge on any atom is -0.387 e. The standard InChI is InChI=1S/C26H45FN6O2/c27-15-17-8-11-32(12-9-17)26(35)23-13-19-3-4-20(25(29)30)14-22(19)33(23)16-18-1-5-21(6-2-18)31-24(34)7-10-28/h17-23H,1-16,28H2,(H3,29,30)(H,31,34). The monoisotopic (exact) mass is 492 g/mol. The van der Waals surface area contributed by atoms with Gasteiger partial charge in [-0.25, -0.2) is 0 Å². The predicted molar refractivity (Wildman–Crippen MR) is 134 cm³/mol. The molecule has 0 spiro atoms. The minimum absolute atomic E-state index is 0.0398. The van der Waals surface area contributed by atoms with Crippen molar-refractivity contribution >= 4 is 17.6 Å². The second-order valence-corrected chi connectivity index (χ2v) is 11.5. The molecule has 2 heterocycles. The van der Waals surface area contributed by atoms with E-state index in [4.69, 9.17) is 16.9 Å². The zero-order chi connectivity index (χ0) is 24.9. The van der Waals surface area contributed by atoms with Crippen LogP contribution in [0.15, 0.2) is 0 Å². The van der Waals surface area contributed by atoms with Gasteiger partial charge < -0.3 is 21.7 Å². The predicted octanol–water partition coefficient (Wildman–Crippen LogP) is 2.01. The molecule has 2 amide bonds. The lowest BCUT2D eigenvalue weighted by Gasteiger charge is -2.41. The number of carbonyl (C=O) groups excluding carboxylic acids is 2. The fourth-order valence-electron chi connectivity index (χ4n) is 7.07. The van der Waals surface area contributed by atoms with Gasteiger partial charge in [0.05, 0.1) is 18.6 Å². The summed E-state index contributed by atoms with van der Waals surface area (Å²) in [6.07, 6.45) is 9.64. The van der Waals surface area contributed by atoms with E-state index in [1.807, 2.05) is 4.90 Å². The molecule has 4 fully saturated rings. The fourth-order valence-corrected chi connectivity index (χ4v) is 7.07. The van der Waals surface area contributed by atoms with Crippen molar-refractivity contribution in [3.05, 3.63) is 0 Å². The Morgan fingerprint density at radius 1 is 0.971 bits per heavy atom. The molecule has 8 nitrogen and oxygen atoms in total. The zero-order valence-electron chi connectivity index (χ0n) is 21.1. The number of nitrogens with zero attached hydrogens (tertiary/aromatic N) is 2. The van der Waals surface area contributed by atoms with E-state index in [9.17, 15) is 14.0 Å². The van der Waals surface area contributed by atoms with Crippen LogP contribution < -0.4 is 16.8 Å². The Balaban J connectivity index is 1.40. The quantitative estimate of drug-likeness (QED) is 0.304. The highest BCUT2D eigenvalue weighted by Crippen LogP contribution is 2.43. The molecule has 9 heteroatoms. The summed E-state index contributed by atoms with van der Waals surface area (Å²) in [5.74, 6) is 1.73. The molecule has 0 aromatic rings. The van der Waals surface area contributed by atoms with Crippen LogP contribution in [0.2, 0.25) is 0 Å². The Morgan fingerprint density at radius 3 is 2.31 bits per heavy atom. The van der Waals surface area contributed by atoms with Crippen LogP contribution in [0, 0.1) is 29.1 Å². The topological polar surface area (TPSA) is 129 Å². The van der Waals surface area contributed by atoms with Gasteiger partial charge in [-0.05, 0) is 82.0 Å². The lowest BCUT2D eigenvalue weighted by molar-refractivity contribution is -0.138. The highest BCUT2D eigenvalue weighted by molar-refractivity contribution is 5.83. The fraction of sp³-hybridized carbons (Fsp3) is 0.885. The van der Waals surface area contributed by atoms with Crippen molar-refractivity contribution in [1.29, 1.82) is 5.41 Å². The molecule has 4 atom stereocenters. The Labute approximate surface area is 209 Å². The third-order valence-corrected chi connectivity index (χ3v) is 9.23. The Hall–Kier alpha value is -1.74. The second-order valence-electron chi connectivity index (χ2n) is 11.5. The number of hydrogen-bond donors (Lipinski definition) is 4. The Morgan fingerprint density at radius 2 is 1.69 bits per heavy atom. The maximum atomic E-state index is 13.7. The molecule has 6 N–H and O–H groups in total. The number of amides is 2.